The molecule has 0 N–H and O–H groups in total. The lowest BCUT2D eigenvalue weighted by Crippen LogP contribution is -2.16. The van der Waals surface area contributed by atoms with Gasteiger partial charge in [0.05, 0.1) is 0 Å². The minimum Gasteiger partial charge on any atom is -0.456 e. The number of fused-ring (bicyclic) bond motifs is 7. The van der Waals surface area contributed by atoms with Crippen molar-refractivity contribution in [3.63, 3.8) is 0 Å². The van der Waals surface area contributed by atoms with Crippen molar-refractivity contribution in [1.82, 2.24) is 0 Å². The molecule has 0 unspecified atom stereocenters. The zero-order chi connectivity index (χ0) is 38.1. The molecule has 1 aromatic heterocycles. The third-order valence-corrected chi connectivity index (χ3v) is 12.1. The average Bonchev–Trinajstić information content (AvgIpc) is 3.75. The largest absolute Gasteiger partial charge is 0.456 e. The van der Waals surface area contributed by atoms with Crippen LogP contribution in [-0.4, -0.2) is 0 Å². The van der Waals surface area contributed by atoms with Crippen LogP contribution >= 0.6 is 0 Å². The summed E-state index contributed by atoms with van der Waals surface area (Å²) in [5.41, 5.74) is 17.5. The fourth-order valence-corrected chi connectivity index (χ4v) is 9.04. The highest BCUT2D eigenvalue weighted by Crippen LogP contribution is 2.51. The molecular weight excluding hydrogens is 691 g/mol. The molecule has 11 rings (SSSR count). The van der Waals surface area contributed by atoms with Crippen molar-refractivity contribution in [2.75, 3.05) is 4.90 Å². The smallest absolute Gasteiger partial charge is 0.137 e. The highest BCUT2D eigenvalue weighted by molar-refractivity contribution is 6.06. The van der Waals surface area contributed by atoms with E-state index in [1.54, 1.807) is 0 Å². The number of para-hydroxylation sites is 1. The summed E-state index contributed by atoms with van der Waals surface area (Å²) in [6, 6.07) is 72.7. The zero-order valence-corrected chi connectivity index (χ0v) is 31.9. The van der Waals surface area contributed by atoms with Gasteiger partial charge in [-0.1, -0.05) is 153 Å². The van der Waals surface area contributed by atoms with E-state index in [0.717, 1.165) is 39.0 Å². The SMILES string of the molecule is CC1(C)c2ccccc2-c2ccc(N(c3ccc(-c4ccc(-c5cccc(-c6ccc7ccccc7c6)c5)cc4)cc3)c3ccc4c(c3)oc3ccccc34)cc21. The summed E-state index contributed by atoms with van der Waals surface area (Å²) in [4.78, 5) is 2.36. The maximum Gasteiger partial charge on any atom is 0.137 e. The Morgan fingerprint density at radius 1 is 0.351 bits per heavy atom. The van der Waals surface area contributed by atoms with E-state index in [1.807, 2.05) is 12.1 Å². The lowest BCUT2D eigenvalue weighted by molar-refractivity contribution is 0.660. The molecule has 270 valence electrons. The van der Waals surface area contributed by atoms with Gasteiger partial charge in [-0.05, 0) is 121 Å². The van der Waals surface area contributed by atoms with E-state index in [-0.39, 0.29) is 5.41 Å². The molecule has 0 saturated carbocycles. The van der Waals surface area contributed by atoms with E-state index < -0.39 is 0 Å². The number of anilines is 3. The summed E-state index contributed by atoms with van der Waals surface area (Å²) in [5.74, 6) is 0. The van der Waals surface area contributed by atoms with Gasteiger partial charge in [-0.2, -0.15) is 0 Å². The second-order valence-electron chi connectivity index (χ2n) is 15.8. The molecule has 2 heteroatoms. The van der Waals surface area contributed by atoms with Crippen LogP contribution in [-0.2, 0) is 5.41 Å². The Hall–Kier alpha value is -7.16. The van der Waals surface area contributed by atoms with Crippen molar-refractivity contribution < 1.29 is 4.42 Å². The molecule has 0 amide bonds. The summed E-state index contributed by atoms with van der Waals surface area (Å²) < 4.78 is 6.40. The zero-order valence-electron chi connectivity index (χ0n) is 31.9. The molecule has 9 aromatic carbocycles. The first-order valence-corrected chi connectivity index (χ1v) is 19.7. The molecule has 1 heterocycles. The van der Waals surface area contributed by atoms with Gasteiger partial charge in [0.2, 0.25) is 0 Å². The van der Waals surface area contributed by atoms with E-state index in [1.165, 1.54) is 66.4 Å². The van der Waals surface area contributed by atoms with Gasteiger partial charge in [-0.3, -0.25) is 0 Å². The topological polar surface area (TPSA) is 16.4 Å². The van der Waals surface area contributed by atoms with Crippen molar-refractivity contribution in [3.05, 3.63) is 211 Å². The number of rotatable bonds is 6. The predicted octanol–water partition coefficient (Wildman–Crippen LogP) is 15.5. The predicted molar refractivity (Wildman–Crippen MR) is 240 cm³/mol. The number of hydrogen-bond donors (Lipinski definition) is 0. The van der Waals surface area contributed by atoms with Gasteiger partial charge in [0.1, 0.15) is 11.2 Å². The maximum absolute atomic E-state index is 6.40. The molecule has 1 aliphatic carbocycles. The normalized spacial score (nSPS) is 12.9. The highest BCUT2D eigenvalue weighted by Gasteiger charge is 2.35. The molecule has 0 fully saturated rings. The first kappa shape index (κ1) is 33.2. The van der Waals surface area contributed by atoms with Crippen LogP contribution in [0.25, 0.3) is 77.2 Å². The van der Waals surface area contributed by atoms with Gasteiger partial charge >= 0.3 is 0 Å². The van der Waals surface area contributed by atoms with Crippen molar-refractivity contribution in [2.45, 2.75) is 19.3 Å². The molecule has 0 radical (unpaired) electrons. The first-order chi connectivity index (χ1) is 28.0. The van der Waals surface area contributed by atoms with Crippen LogP contribution in [0.5, 0.6) is 0 Å². The minimum absolute atomic E-state index is 0.107. The van der Waals surface area contributed by atoms with Crippen LogP contribution in [0.4, 0.5) is 17.1 Å². The molecule has 10 aromatic rings. The molecule has 0 atom stereocenters. The van der Waals surface area contributed by atoms with Gasteiger partial charge in [0.15, 0.2) is 0 Å². The Kier molecular flexibility index (Phi) is 7.55. The second kappa shape index (κ2) is 13.0. The number of hydrogen-bond acceptors (Lipinski definition) is 2. The summed E-state index contributed by atoms with van der Waals surface area (Å²) in [7, 11) is 0. The molecule has 0 saturated heterocycles. The third kappa shape index (κ3) is 5.56. The van der Waals surface area contributed by atoms with Gasteiger partial charge in [0, 0.05) is 39.3 Å². The molecular formula is C55H39NO. The van der Waals surface area contributed by atoms with Crippen LogP contribution in [0.15, 0.2) is 205 Å². The van der Waals surface area contributed by atoms with Crippen LogP contribution in [0.3, 0.4) is 0 Å². The van der Waals surface area contributed by atoms with Crippen LogP contribution in [0.2, 0.25) is 0 Å². The molecule has 2 nitrogen and oxygen atoms in total. The van der Waals surface area contributed by atoms with Gasteiger partial charge in [-0.15, -0.1) is 0 Å². The van der Waals surface area contributed by atoms with Gasteiger partial charge < -0.3 is 9.32 Å². The van der Waals surface area contributed by atoms with Crippen LogP contribution in [0.1, 0.15) is 25.0 Å². The van der Waals surface area contributed by atoms with Crippen molar-refractivity contribution in [1.29, 1.82) is 0 Å². The van der Waals surface area contributed by atoms with E-state index in [9.17, 15) is 0 Å². The maximum atomic E-state index is 6.40. The lowest BCUT2D eigenvalue weighted by atomic mass is 9.82. The Morgan fingerprint density at radius 2 is 0.912 bits per heavy atom. The van der Waals surface area contributed by atoms with E-state index in [4.69, 9.17) is 4.42 Å². The Labute approximate surface area is 332 Å². The lowest BCUT2D eigenvalue weighted by Gasteiger charge is -2.28. The Balaban J connectivity index is 0.941. The number of nitrogens with zero attached hydrogens (tertiary/aromatic N) is 1. The third-order valence-electron chi connectivity index (χ3n) is 12.1. The number of furan rings is 1. The van der Waals surface area contributed by atoms with Crippen molar-refractivity contribution in [3.8, 4) is 44.5 Å². The average molecular weight is 730 g/mol. The van der Waals surface area contributed by atoms with Gasteiger partial charge in [0.25, 0.3) is 0 Å². The highest BCUT2D eigenvalue weighted by atomic mass is 16.3. The second-order valence-corrected chi connectivity index (χ2v) is 15.8. The summed E-state index contributed by atoms with van der Waals surface area (Å²) in [5, 5.41) is 4.78. The Bertz CT molecular complexity index is 3150. The van der Waals surface area contributed by atoms with Crippen LogP contribution < -0.4 is 4.90 Å². The first-order valence-electron chi connectivity index (χ1n) is 19.7. The summed E-state index contributed by atoms with van der Waals surface area (Å²) in [6.45, 7) is 4.68. The fourth-order valence-electron chi connectivity index (χ4n) is 9.04. The monoisotopic (exact) mass is 729 g/mol. The van der Waals surface area contributed by atoms with E-state index in [0.29, 0.717) is 0 Å². The van der Waals surface area contributed by atoms with E-state index >= 15 is 0 Å². The summed E-state index contributed by atoms with van der Waals surface area (Å²) in [6.07, 6.45) is 0. The molecule has 0 aliphatic heterocycles. The quantitative estimate of drug-likeness (QED) is 0.169. The van der Waals surface area contributed by atoms with Crippen molar-refractivity contribution in [2.24, 2.45) is 0 Å². The fraction of sp³-hybridized carbons (Fsp3) is 0.0545. The summed E-state index contributed by atoms with van der Waals surface area (Å²) >= 11 is 0. The van der Waals surface area contributed by atoms with Crippen LogP contribution in [0, 0.1) is 0 Å². The molecule has 0 spiro atoms. The van der Waals surface area contributed by atoms with E-state index in [2.05, 4.69) is 207 Å². The molecule has 57 heavy (non-hydrogen) atoms. The molecule has 1 aliphatic rings. The van der Waals surface area contributed by atoms with Crippen molar-refractivity contribution >= 4 is 49.8 Å². The molecule has 0 bridgehead atoms. The Morgan fingerprint density at radius 3 is 1.74 bits per heavy atom. The van der Waals surface area contributed by atoms with Gasteiger partial charge in [-0.25, -0.2) is 0 Å². The standard InChI is InChI=1S/C55H39NO/c1-55(2)51-16-7-5-14-47(51)48-30-28-45(34-52(48)55)56(46-29-31-50-49-15-6-8-17-53(49)57-54(50)35-46)44-26-24-38(25-27-44)37-18-20-39(21-19-37)41-12-9-13-42(32-41)43-23-22-36-10-3-4-11-40(36)33-43/h3-35H,1-2H3. The minimum atomic E-state index is -0.107. The number of benzene rings is 9.